The first-order chi connectivity index (χ1) is 13.8. The van der Waals surface area contributed by atoms with E-state index in [1.807, 2.05) is 62.4 Å². The van der Waals surface area contributed by atoms with Gasteiger partial charge in [0.05, 0.1) is 6.42 Å². The van der Waals surface area contributed by atoms with Gasteiger partial charge in [-0.25, -0.2) is 4.98 Å². The maximum absolute atomic E-state index is 12.6. The molecule has 2 aromatic carbocycles. The van der Waals surface area contributed by atoms with Gasteiger partial charge in [-0.15, -0.1) is 0 Å². The quantitative estimate of drug-likeness (QED) is 0.458. The second-order valence-electron chi connectivity index (χ2n) is 7.21. The molecule has 0 aliphatic rings. The Morgan fingerprint density at radius 1 is 1.10 bits per heavy atom. The van der Waals surface area contributed by atoms with Crippen LogP contribution in [-0.4, -0.2) is 15.9 Å². The van der Waals surface area contributed by atoms with Gasteiger partial charge in [-0.05, 0) is 56.5 Å². The minimum atomic E-state index is -0.268. The lowest BCUT2D eigenvalue weighted by Crippen LogP contribution is -2.24. The van der Waals surface area contributed by atoms with Crippen molar-refractivity contribution in [3.8, 4) is 0 Å². The topological polar surface area (TPSA) is 74.8 Å². The zero-order valence-electron chi connectivity index (χ0n) is 17.1. The second-order valence-corrected chi connectivity index (χ2v) is 8.54. The van der Waals surface area contributed by atoms with Crippen LogP contribution < -0.4 is 10.9 Å². The Kier molecular flexibility index (Phi) is 6.54. The predicted molar refractivity (Wildman–Crippen MR) is 119 cm³/mol. The lowest BCUT2D eigenvalue weighted by Gasteiger charge is -2.12. The molecule has 2 N–H and O–H groups in total. The van der Waals surface area contributed by atoms with Crippen molar-refractivity contribution in [3.63, 3.8) is 0 Å². The number of aromatic amines is 1. The number of aromatic nitrogens is 2. The number of amides is 1. The van der Waals surface area contributed by atoms with Crippen LogP contribution in [0.1, 0.15) is 40.1 Å². The average Bonchev–Trinajstić information content (AvgIpc) is 2.64. The molecule has 1 atom stereocenters. The molecule has 0 bridgehead atoms. The third-order valence-electron chi connectivity index (χ3n) is 4.60. The van der Waals surface area contributed by atoms with Gasteiger partial charge in [0.2, 0.25) is 5.91 Å². The van der Waals surface area contributed by atoms with Gasteiger partial charge in [0.25, 0.3) is 5.56 Å². The number of H-pyrrole nitrogens is 1. The first kappa shape index (κ1) is 20.9. The van der Waals surface area contributed by atoms with Gasteiger partial charge < -0.3 is 10.3 Å². The highest BCUT2D eigenvalue weighted by atomic mass is 32.2. The molecule has 1 aromatic heterocycles. The van der Waals surface area contributed by atoms with Gasteiger partial charge in [-0.3, -0.25) is 9.59 Å². The number of hydrogen-bond donors (Lipinski definition) is 2. The number of hydrogen-bond acceptors (Lipinski definition) is 4. The summed E-state index contributed by atoms with van der Waals surface area (Å²) >= 11 is 1.49. The predicted octanol–water partition coefficient (Wildman–Crippen LogP) is 4.73. The van der Waals surface area contributed by atoms with E-state index in [4.69, 9.17) is 0 Å². The number of nitrogens with one attached hydrogen (secondary N) is 2. The zero-order valence-corrected chi connectivity index (χ0v) is 17.9. The number of aryl methyl sites for hydroxylation is 3. The van der Waals surface area contributed by atoms with E-state index in [0.717, 1.165) is 22.4 Å². The Bertz CT molecular complexity index is 1060. The Hall–Kier alpha value is -2.86. The second kappa shape index (κ2) is 9.09. The molecule has 0 saturated carbocycles. The van der Waals surface area contributed by atoms with E-state index < -0.39 is 0 Å². The van der Waals surface area contributed by atoms with Gasteiger partial charge in [-0.1, -0.05) is 48.2 Å². The Morgan fingerprint density at radius 3 is 2.38 bits per heavy atom. The van der Waals surface area contributed by atoms with E-state index >= 15 is 0 Å². The molecule has 1 amide bonds. The highest BCUT2D eigenvalue weighted by Gasteiger charge is 2.15. The molecule has 1 unspecified atom stereocenters. The van der Waals surface area contributed by atoms with Crippen molar-refractivity contribution in [2.45, 2.75) is 44.5 Å². The highest BCUT2D eigenvalue weighted by Crippen LogP contribution is 2.32. The smallest absolute Gasteiger partial charge is 0.255 e. The molecule has 0 saturated heterocycles. The number of benzene rings is 2. The summed E-state index contributed by atoms with van der Waals surface area (Å²) in [7, 11) is 0. The monoisotopic (exact) mass is 407 g/mol. The Labute approximate surface area is 175 Å². The molecule has 150 valence electrons. The van der Waals surface area contributed by atoms with Crippen LogP contribution in [0, 0.1) is 20.8 Å². The molecule has 0 radical (unpaired) electrons. The minimum Gasteiger partial charge on any atom is -0.326 e. The molecule has 3 rings (SSSR count). The van der Waals surface area contributed by atoms with Crippen LogP contribution in [0.4, 0.5) is 5.69 Å². The average molecular weight is 408 g/mol. The van der Waals surface area contributed by atoms with Crippen molar-refractivity contribution in [1.29, 1.82) is 0 Å². The van der Waals surface area contributed by atoms with Crippen molar-refractivity contribution < 1.29 is 4.79 Å². The number of anilines is 1. The Morgan fingerprint density at radius 2 is 1.76 bits per heavy atom. The molecular formula is C23H25N3O2S. The van der Waals surface area contributed by atoms with Crippen LogP contribution in [0.3, 0.4) is 0 Å². The summed E-state index contributed by atoms with van der Waals surface area (Å²) in [6, 6.07) is 15.9. The third-order valence-corrected chi connectivity index (χ3v) is 5.64. The summed E-state index contributed by atoms with van der Waals surface area (Å²) < 4.78 is 0. The first-order valence-electron chi connectivity index (χ1n) is 9.51. The van der Waals surface area contributed by atoms with Gasteiger partial charge >= 0.3 is 0 Å². The summed E-state index contributed by atoms with van der Waals surface area (Å²) in [4.78, 5) is 32.4. The van der Waals surface area contributed by atoms with E-state index in [9.17, 15) is 9.59 Å². The molecule has 29 heavy (non-hydrogen) atoms. The zero-order chi connectivity index (χ0) is 21.0. The van der Waals surface area contributed by atoms with E-state index in [0.29, 0.717) is 16.4 Å². The molecule has 3 aromatic rings. The normalized spacial score (nSPS) is 11.9. The molecule has 5 nitrogen and oxygen atoms in total. The summed E-state index contributed by atoms with van der Waals surface area (Å²) in [5, 5.41) is 3.58. The SMILES string of the molecule is Cc1cc(C)cc(NC(=O)Cc2c(C)nc(SC(C)c3ccccc3)[nH]c2=O)c1. The summed E-state index contributed by atoms with van der Waals surface area (Å²) in [6.45, 7) is 7.80. The van der Waals surface area contributed by atoms with Crippen LogP contribution in [0.15, 0.2) is 58.5 Å². The fourth-order valence-corrected chi connectivity index (χ4v) is 4.19. The number of carbonyl (C=O) groups is 1. The van der Waals surface area contributed by atoms with Crippen molar-refractivity contribution in [2.24, 2.45) is 0 Å². The molecular weight excluding hydrogens is 382 g/mol. The fraction of sp³-hybridized carbons (Fsp3) is 0.261. The third kappa shape index (κ3) is 5.57. The maximum Gasteiger partial charge on any atom is 0.255 e. The van der Waals surface area contributed by atoms with Crippen LogP contribution in [-0.2, 0) is 11.2 Å². The van der Waals surface area contributed by atoms with Crippen molar-refractivity contribution in [2.75, 3.05) is 5.32 Å². The molecule has 0 spiro atoms. The van der Waals surface area contributed by atoms with Crippen LogP contribution in [0.25, 0.3) is 0 Å². The molecule has 0 aliphatic heterocycles. The van der Waals surface area contributed by atoms with E-state index in [1.54, 1.807) is 6.92 Å². The van der Waals surface area contributed by atoms with Gasteiger partial charge in [0.15, 0.2) is 5.16 Å². The van der Waals surface area contributed by atoms with Crippen LogP contribution >= 0.6 is 11.8 Å². The number of nitrogens with zero attached hydrogens (tertiary/aromatic N) is 1. The van der Waals surface area contributed by atoms with Gasteiger partial charge in [0, 0.05) is 22.2 Å². The van der Waals surface area contributed by atoms with Crippen molar-refractivity contribution in [3.05, 3.63) is 86.8 Å². The van der Waals surface area contributed by atoms with Gasteiger partial charge in [-0.2, -0.15) is 0 Å². The molecule has 0 fully saturated rings. The number of rotatable bonds is 6. The van der Waals surface area contributed by atoms with Crippen molar-refractivity contribution >= 4 is 23.4 Å². The van der Waals surface area contributed by atoms with Crippen LogP contribution in [0.5, 0.6) is 0 Å². The van der Waals surface area contributed by atoms with E-state index in [1.165, 1.54) is 11.8 Å². The largest absolute Gasteiger partial charge is 0.326 e. The van der Waals surface area contributed by atoms with E-state index in [-0.39, 0.29) is 23.1 Å². The first-order valence-corrected chi connectivity index (χ1v) is 10.4. The van der Waals surface area contributed by atoms with Gasteiger partial charge in [0.1, 0.15) is 0 Å². The number of thioether (sulfide) groups is 1. The number of carbonyl (C=O) groups excluding carboxylic acids is 1. The molecule has 1 heterocycles. The Balaban J connectivity index is 1.72. The standard InChI is InChI=1S/C23H25N3O2S/c1-14-10-15(2)12-19(11-14)25-21(27)13-20-16(3)24-23(26-22(20)28)29-17(4)18-8-6-5-7-9-18/h5-12,17H,13H2,1-4H3,(H,25,27)(H,24,26,28). The summed E-state index contributed by atoms with van der Waals surface area (Å²) in [6.07, 6.45) is -0.0135. The highest BCUT2D eigenvalue weighted by molar-refractivity contribution is 7.99. The summed E-state index contributed by atoms with van der Waals surface area (Å²) in [5.41, 5.74) is 4.74. The molecule has 0 aliphatic carbocycles. The minimum absolute atomic E-state index is 0.0135. The maximum atomic E-state index is 12.6. The van der Waals surface area contributed by atoms with E-state index in [2.05, 4.69) is 22.2 Å². The fourth-order valence-electron chi connectivity index (χ4n) is 3.22. The summed E-state index contributed by atoms with van der Waals surface area (Å²) in [5.74, 6) is -0.233. The lowest BCUT2D eigenvalue weighted by molar-refractivity contribution is -0.115. The lowest BCUT2D eigenvalue weighted by atomic mass is 10.1. The van der Waals surface area contributed by atoms with Crippen molar-refractivity contribution in [1.82, 2.24) is 9.97 Å². The van der Waals surface area contributed by atoms with Crippen LogP contribution in [0.2, 0.25) is 0 Å². The molecule has 6 heteroatoms.